The number of benzene rings is 1. The number of hydrogen-bond acceptors (Lipinski definition) is 4. The summed E-state index contributed by atoms with van der Waals surface area (Å²) in [5.74, 6) is 0.333. The molecule has 2 heterocycles. The van der Waals surface area contributed by atoms with Crippen LogP contribution in [0.2, 0.25) is 0 Å². The van der Waals surface area contributed by atoms with E-state index >= 15 is 0 Å². The van der Waals surface area contributed by atoms with E-state index in [-0.39, 0.29) is 17.2 Å². The van der Waals surface area contributed by atoms with Gasteiger partial charge in [-0.05, 0) is 37.8 Å². The van der Waals surface area contributed by atoms with Crippen molar-refractivity contribution in [3.63, 3.8) is 0 Å². The summed E-state index contributed by atoms with van der Waals surface area (Å²) in [4.78, 5) is 31.7. The zero-order chi connectivity index (χ0) is 19.3. The second-order valence-electron chi connectivity index (χ2n) is 7.78. The predicted molar refractivity (Wildman–Crippen MR) is 106 cm³/mol. The fraction of sp³-hybridized carbons (Fsp3) is 0.619. The maximum Gasteiger partial charge on any atom is 0.242 e. The summed E-state index contributed by atoms with van der Waals surface area (Å²) in [7, 11) is 3.62. The van der Waals surface area contributed by atoms with Crippen LogP contribution in [0.1, 0.15) is 25.7 Å². The Bertz CT molecular complexity index is 651. The number of rotatable bonds is 7. The van der Waals surface area contributed by atoms with Gasteiger partial charge in [-0.25, -0.2) is 0 Å². The molecule has 1 spiro atoms. The Morgan fingerprint density at radius 1 is 1.22 bits per heavy atom. The zero-order valence-corrected chi connectivity index (χ0v) is 16.5. The minimum absolute atomic E-state index is 0.0996. The number of likely N-dealkylation sites (tertiary alicyclic amines) is 2. The van der Waals surface area contributed by atoms with Gasteiger partial charge in [-0.15, -0.1) is 0 Å². The molecule has 6 nitrogen and oxygen atoms in total. The molecule has 0 saturated carbocycles. The van der Waals surface area contributed by atoms with Gasteiger partial charge < -0.3 is 19.4 Å². The van der Waals surface area contributed by atoms with Gasteiger partial charge in [0.1, 0.15) is 0 Å². The van der Waals surface area contributed by atoms with Crippen LogP contribution in [0.15, 0.2) is 30.3 Å². The molecule has 27 heavy (non-hydrogen) atoms. The fourth-order valence-corrected chi connectivity index (χ4v) is 4.31. The summed E-state index contributed by atoms with van der Waals surface area (Å²) >= 11 is 0. The number of amides is 2. The third kappa shape index (κ3) is 4.43. The maximum absolute atomic E-state index is 13.1. The van der Waals surface area contributed by atoms with Crippen molar-refractivity contribution in [2.45, 2.75) is 25.7 Å². The molecule has 2 aliphatic heterocycles. The van der Waals surface area contributed by atoms with Gasteiger partial charge in [0.05, 0.1) is 12.0 Å². The summed E-state index contributed by atoms with van der Waals surface area (Å²) in [6.45, 7) is 3.83. The molecule has 0 N–H and O–H groups in total. The molecule has 0 aliphatic carbocycles. The standard InChI is InChI=1S/C21H31N3O3/c1-22(18-8-4-3-5-9-18)16-19(25)24-14-11-21(17-24)10-6-12-23(20(21)26)13-7-15-27-2/h3-5,8-9H,6-7,10-17H2,1-2H3. The first kappa shape index (κ1) is 19.7. The monoisotopic (exact) mass is 373 g/mol. The quantitative estimate of drug-likeness (QED) is 0.686. The van der Waals surface area contributed by atoms with Crippen LogP contribution >= 0.6 is 0 Å². The summed E-state index contributed by atoms with van der Waals surface area (Å²) in [6, 6.07) is 9.92. The van der Waals surface area contributed by atoms with Crippen LogP contribution in [0.4, 0.5) is 5.69 Å². The lowest BCUT2D eigenvalue weighted by atomic mass is 9.78. The molecule has 2 fully saturated rings. The molecule has 148 valence electrons. The number of likely N-dealkylation sites (N-methyl/N-ethyl adjacent to an activating group) is 1. The Labute approximate surface area is 162 Å². The van der Waals surface area contributed by atoms with Crippen LogP contribution < -0.4 is 4.90 Å². The highest BCUT2D eigenvalue weighted by molar-refractivity contribution is 5.87. The van der Waals surface area contributed by atoms with Crippen molar-refractivity contribution in [1.29, 1.82) is 0 Å². The van der Waals surface area contributed by atoms with Crippen LogP contribution in [-0.4, -0.2) is 75.1 Å². The molecule has 0 radical (unpaired) electrons. The lowest BCUT2D eigenvalue weighted by Crippen LogP contribution is -2.51. The van der Waals surface area contributed by atoms with Crippen LogP contribution in [0, 0.1) is 5.41 Å². The third-order valence-electron chi connectivity index (χ3n) is 5.88. The first-order valence-electron chi connectivity index (χ1n) is 9.88. The third-order valence-corrected chi connectivity index (χ3v) is 5.88. The summed E-state index contributed by atoms with van der Waals surface area (Å²) in [5.41, 5.74) is 0.657. The van der Waals surface area contributed by atoms with E-state index in [2.05, 4.69) is 0 Å². The number of nitrogens with zero attached hydrogens (tertiary/aromatic N) is 3. The molecule has 1 aromatic rings. The van der Waals surface area contributed by atoms with Gasteiger partial charge in [-0.3, -0.25) is 9.59 Å². The average Bonchev–Trinajstić information content (AvgIpc) is 3.11. The van der Waals surface area contributed by atoms with E-state index in [1.807, 2.05) is 52.1 Å². The van der Waals surface area contributed by atoms with Crippen LogP contribution in [-0.2, 0) is 14.3 Å². The first-order chi connectivity index (χ1) is 13.1. The van der Waals surface area contributed by atoms with Crippen molar-refractivity contribution < 1.29 is 14.3 Å². The van der Waals surface area contributed by atoms with Crippen LogP contribution in [0.25, 0.3) is 0 Å². The molecule has 6 heteroatoms. The molecule has 1 atom stereocenters. The van der Waals surface area contributed by atoms with E-state index in [0.717, 1.165) is 44.5 Å². The second-order valence-corrected chi connectivity index (χ2v) is 7.78. The molecule has 0 bridgehead atoms. The maximum atomic E-state index is 13.1. The molecule has 2 saturated heterocycles. The van der Waals surface area contributed by atoms with Gasteiger partial charge in [0.25, 0.3) is 0 Å². The minimum atomic E-state index is -0.369. The van der Waals surface area contributed by atoms with E-state index in [1.165, 1.54) is 0 Å². The average molecular weight is 373 g/mol. The van der Waals surface area contributed by atoms with Crippen molar-refractivity contribution in [3.05, 3.63) is 30.3 Å². The van der Waals surface area contributed by atoms with Gasteiger partial charge >= 0.3 is 0 Å². The van der Waals surface area contributed by atoms with Crippen molar-refractivity contribution in [1.82, 2.24) is 9.80 Å². The second kappa shape index (κ2) is 8.74. The SMILES string of the molecule is COCCCN1CCCC2(CCN(C(=O)CN(C)c3ccccc3)C2)C1=O. The smallest absolute Gasteiger partial charge is 0.242 e. The number of carbonyl (C=O) groups excluding carboxylic acids is 2. The zero-order valence-electron chi connectivity index (χ0n) is 16.5. The molecule has 1 aromatic carbocycles. The Hall–Kier alpha value is -2.08. The molecule has 0 aromatic heterocycles. The molecule has 1 unspecified atom stereocenters. The van der Waals surface area contributed by atoms with Gasteiger partial charge in [-0.2, -0.15) is 0 Å². The molecular weight excluding hydrogens is 342 g/mol. The summed E-state index contributed by atoms with van der Waals surface area (Å²) < 4.78 is 5.11. The van der Waals surface area contributed by atoms with Gasteiger partial charge in [0, 0.05) is 52.6 Å². The van der Waals surface area contributed by atoms with Crippen LogP contribution in [0.3, 0.4) is 0 Å². The Balaban J connectivity index is 1.58. The van der Waals surface area contributed by atoms with Gasteiger partial charge in [0.2, 0.25) is 11.8 Å². The Morgan fingerprint density at radius 3 is 2.74 bits per heavy atom. The lowest BCUT2D eigenvalue weighted by Gasteiger charge is -2.39. The van der Waals surface area contributed by atoms with Gasteiger partial charge in [-0.1, -0.05) is 18.2 Å². The molecular formula is C21H31N3O3. The highest BCUT2D eigenvalue weighted by Crippen LogP contribution is 2.40. The number of ether oxygens (including phenoxy) is 1. The largest absolute Gasteiger partial charge is 0.385 e. The van der Waals surface area contributed by atoms with E-state index in [4.69, 9.17) is 4.74 Å². The van der Waals surface area contributed by atoms with E-state index in [1.54, 1.807) is 7.11 Å². The van der Waals surface area contributed by atoms with Crippen LogP contribution in [0.5, 0.6) is 0 Å². The Kier molecular flexibility index (Phi) is 6.37. The van der Waals surface area contributed by atoms with Crippen molar-refractivity contribution in [2.24, 2.45) is 5.41 Å². The fourth-order valence-electron chi connectivity index (χ4n) is 4.31. The van der Waals surface area contributed by atoms with Crippen molar-refractivity contribution in [3.8, 4) is 0 Å². The number of hydrogen-bond donors (Lipinski definition) is 0. The van der Waals surface area contributed by atoms with E-state index in [9.17, 15) is 9.59 Å². The van der Waals surface area contributed by atoms with E-state index in [0.29, 0.717) is 26.2 Å². The number of anilines is 1. The van der Waals surface area contributed by atoms with Crippen molar-refractivity contribution >= 4 is 17.5 Å². The highest BCUT2D eigenvalue weighted by atomic mass is 16.5. The number of para-hydroxylation sites is 1. The molecule has 3 rings (SSSR count). The Morgan fingerprint density at radius 2 is 2.00 bits per heavy atom. The van der Waals surface area contributed by atoms with E-state index < -0.39 is 0 Å². The van der Waals surface area contributed by atoms with Gasteiger partial charge in [0.15, 0.2) is 0 Å². The number of methoxy groups -OCH3 is 1. The lowest BCUT2D eigenvalue weighted by molar-refractivity contribution is -0.146. The molecule has 2 amide bonds. The number of piperidine rings is 1. The number of carbonyl (C=O) groups is 2. The highest BCUT2D eigenvalue weighted by Gasteiger charge is 2.49. The topological polar surface area (TPSA) is 53.1 Å². The first-order valence-corrected chi connectivity index (χ1v) is 9.88. The summed E-state index contributed by atoms with van der Waals surface area (Å²) in [5, 5.41) is 0. The minimum Gasteiger partial charge on any atom is -0.385 e. The van der Waals surface area contributed by atoms with Crippen molar-refractivity contribution in [2.75, 3.05) is 58.4 Å². The predicted octanol–water partition coefficient (Wildman–Crippen LogP) is 2.00. The molecule has 2 aliphatic rings. The summed E-state index contributed by atoms with van der Waals surface area (Å²) in [6.07, 6.45) is 3.56. The normalized spacial score (nSPS) is 22.5.